The van der Waals surface area contributed by atoms with Gasteiger partial charge in [0.05, 0.1) is 11.4 Å². The van der Waals surface area contributed by atoms with Gasteiger partial charge in [-0.3, -0.25) is 9.27 Å². The van der Waals surface area contributed by atoms with E-state index >= 15 is 0 Å². The molecule has 0 aliphatic rings. The van der Waals surface area contributed by atoms with Crippen molar-refractivity contribution >= 4 is 38.3 Å². The van der Waals surface area contributed by atoms with E-state index in [1.165, 1.54) is 6.07 Å². The number of anilines is 2. The van der Waals surface area contributed by atoms with Crippen molar-refractivity contribution in [1.82, 2.24) is 0 Å². The van der Waals surface area contributed by atoms with E-state index in [1.54, 1.807) is 18.2 Å². The van der Waals surface area contributed by atoms with Crippen LogP contribution in [0.15, 0.2) is 42.5 Å². The molecule has 2 aromatic rings. The molecule has 0 aliphatic carbocycles. The fourth-order valence-electron chi connectivity index (χ4n) is 2.18. The molecule has 25 heavy (non-hydrogen) atoms. The number of hydrogen-bond acceptors (Lipinski definition) is 4. The zero-order valence-electron chi connectivity index (χ0n) is 13.7. The number of nitrogens with one attached hydrogen (secondary N) is 2. The molecular formula is C17H19N2O4SSi. The third kappa shape index (κ3) is 5.70. The van der Waals surface area contributed by atoms with E-state index in [4.69, 9.17) is 4.74 Å². The number of para-hydroxylation sites is 1. The van der Waals surface area contributed by atoms with Crippen molar-refractivity contribution < 1.29 is 18.3 Å². The van der Waals surface area contributed by atoms with E-state index in [9.17, 15) is 13.6 Å². The lowest BCUT2D eigenvalue weighted by atomic mass is 10.1. The van der Waals surface area contributed by atoms with E-state index < -0.39 is 11.3 Å². The topological polar surface area (TPSA) is 87.7 Å². The van der Waals surface area contributed by atoms with Crippen molar-refractivity contribution in [2.24, 2.45) is 0 Å². The van der Waals surface area contributed by atoms with Crippen LogP contribution in [-0.4, -0.2) is 31.0 Å². The van der Waals surface area contributed by atoms with Crippen LogP contribution in [0.3, 0.4) is 0 Å². The Kier molecular flexibility index (Phi) is 7.17. The van der Waals surface area contributed by atoms with Gasteiger partial charge in [-0.2, -0.15) is 0 Å². The average molecular weight is 376 g/mol. The predicted octanol–water partition coefficient (Wildman–Crippen LogP) is 3.55. The molecule has 1 atom stereocenters. The summed E-state index contributed by atoms with van der Waals surface area (Å²) < 4.78 is 28.8. The van der Waals surface area contributed by atoms with Gasteiger partial charge in [0, 0.05) is 12.1 Å². The molecule has 0 heterocycles. The van der Waals surface area contributed by atoms with Crippen LogP contribution in [-0.2, 0) is 11.3 Å². The monoisotopic (exact) mass is 375 g/mol. The van der Waals surface area contributed by atoms with Gasteiger partial charge in [-0.05, 0) is 30.7 Å². The lowest BCUT2D eigenvalue weighted by Gasteiger charge is -2.18. The van der Waals surface area contributed by atoms with Gasteiger partial charge in [0.15, 0.2) is 5.75 Å². The lowest BCUT2D eigenvalue weighted by molar-refractivity contribution is 0.108. The first-order valence-corrected chi connectivity index (χ1v) is 9.40. The number of rotatable bonds is 9. The summed E-state index contributed by atoms with van der Waals surface area (Å²) in [5.74, 6) is 0.923. The molecule has 8 heteroatoms. The lowest BCUT2D eigenvalue weighted by Crippen LogP contribution is -2.10. The maximum atomic E-state index is 11.7. The van der Waals surface area contributed by atoms with E-state index in [0.29, 0.717) is 29.3 Å². The number of hydrogen-bond donors (Lipinski definition) is 3. The fourth-order valence-corrected chi connectivity index (χ4v) is 2.66. The van der Waals surface area contributed by atoms with Crippen molar-refractivity contribution in [3.05, 3.63) is 48.0 Å². The van der Waals surface area contributed by atoms with Crippen LogP contribution in [0.4, 0.5) is 11.4 Å². The minimum Gasteiger partial charge on any atom is -0.453 e. The van der Waals surface area contributed by atoms with Gasteiger partial charge in [0.25, 0.3) is 11.3 Å². The highest BCUT2D eigenvalue weighted by molar-refractivity contribution is 7.80. The van der Waals surface area contributed by atoms with Crippen molar-refractivity contribution in [1.29, 1.82) is 0 Å². The summed E-state index contributed by atoms with van der Waals surface area (Å²) in [7, 11) is 2.97. The van der Waals surface area contributed by atoms with Gasteiger partial charge in [0.2, 0.25) is 0 Å². The molecule has 0 spiro atoms. The summed E-state index contributed by atoms with van der Waals surface area (Å²) in [5.41, 5.74) is 1.14. The molecule has 3 N–H and O–H groups in total. The van der Waals surface area contributed by atoms with Crippen LogP contribution in [0.2, 0.25) is 0 Å². The first kappa shape index (κ1) is 19.2. The minimum absolute atomic E-state index is 0.243. The summed E-state index contributed by atoms with van der Waals surface area (Å²) in [6, 6.07) is 12.2. The molecule has 0 saturated carbocycles. The largest absolute Gasteiger partial charge is 0.453 e. The van der Waals surface area contributed by atoms with Crippen molar-refractivity contribution in [3.8, 4) is 11.5 Å². The Morgan fingerprint density at radius 1 is 1.24 bits per heavy atom. The second-order valence-electron chi connectivity index (χ2n) is 5.28. The van der Waals surface area contributed by atoms with Crippen molar-refractivity contribution in [2.75, 3.05) is 16.6 Å². The van der Waals surface area contributed by atoms with Crippen molar-refractivity contribution in [2.45, 2.75) is 19.8 Å². The highest BCUT2D eigenvalue weighted by Gasteiger charge is 2.16. The Morgan fingerprint density at radius 2 is 1.92 bits per heavy atom. The van der Waals surface area contributed by atoms with Crippen LogP contribution >= 0.6 is 0 Å². The van der Waals surface area contributed by atoms with E-state index in [2.05, 4.69) is 27.2 Å². The maximum Gasteiger partial charge on any atom is 0.259 e. The zero-order valence-corrected chi connectivity index (χ0v) is 15.6. The van der Waals surface area contributed by atoms with Gasteiger partial charge in [0.1, 0.15) is 21.4 Å². The molecule has 0 bridgehead atoms. The Bertz CT molecular complexity index is 756. The minimum atomic E-state index is -2.31. The fraction of sp³-hybridized carbons (Fsp3) is 0.235. The van der Waals surface area contributed by atoms with Gasteiger partial charge in [-0.1, -0.05) is 31.5 Å². The third-order valence-corrected chi connectivity index (χ3v) is 4.04. The first-order valence-electron chi connectivity index (χ1n) is 7.79. The quantitative estimate of drug-likeness (QED) is 0.354. The SMILES string of the molecule is CCCCNc1cc(C(=O)[Si])cc(NS(=O)O)c1Oc1ccccc1. The van der Waals surface area contributed by atoms with Gasteiger partial charge < -0.3 is 14.8 Å². The molecule has 0 saturated heterocycles. The predicted molar refractivity (Wildman–Crippen MR) is 101 cm³/mol. The van der Waals surface area contributed by atoms with Crippen LogP contribution in [0.1, 0.15) is 30.1 Å². The highest BCUT2D eigenvalue weighted by Crippen LogP contribution is 2.38. The van der Waals surface area contributed by atoms with Gasteiger partial charge in [-0.15, -0.1) is 0 Å². The summed E-state index contributed by atoms with van der Waals surface area (Å²) in [5, 5.41) is 2.89. The molecule has 6 nitrogen and oxygen atoms in total. The summed E-state index contributed by atoms with van der Waals surface area (Å²) in [6.07, 6.45) is 1.94. The molecule has 3 radical (unpaired) electrons. The second-order valence-corrected chi connectivity index (χ2v) is 6.43. The Balaban J connectivity index is 2.48. The summed E-state index contributed by atoms with van der Waals surface area (Å²) >= 11 is -2.31. The van der Waals surface area contributed by atoms with Crippen LogP contribution in [0.25, 0.3) is 0 Å². The smallest absolute Gasteiger partial charge is 0.259 e. The van der Waals surface area contributed by atoms with Gasteiger partial charge in [-0.25, -0.2) is 4.21 Å². The van der Waals surface area contributed by atoms with Crippen molar-refractivity contribution in [3.63, 3.8) is 0 Å². The maximum absolute atomic E-state index is 11.7. The standard InChI is InChI=1S/C17H19N2O4SSi/c1-2-3-9-18-14-10-12(17(20)25)11-15(19-24(21)22)16(14)23-13-7-5-4-6-8-13/h4-8,10-11,18-19H,2-3,9H2,1H3,(H,21,22). The number of benzene rings is 2. The Morgan fingerprint density at radius 3 is 2.52 bits per heavy atom. The van der Waals surface area contributed by atoms with Crippen LogP contribution < -0.4 is 14.8 Å². The molecule has 131 valence electrons. The van der Waals surface area contributed by atoms with E-state index in [0.717, 1.165) is 12.8 Å². The number of carbonyl (C=O) groups excluding carboxylic acids is 1. The molecule has 1 unspecified atom stereocenters. The van der Waals surface area contributed by atoms with E-state index in [-0.39, 0.29) is 11.1 Å². The van der Waals surface area contributed by atoms with Crippen LogP contribution in [0.5, 0.6) is 11.5 Å². The summed E-state index contributed by atoms with van der Waals surface area (Å²) in [4.78, 5) is 11.7. The Labute approximate surface area is 152 Å². The molecule has 0 fully saturated rings. The normalized spacial score (nSPS) is 11.6. The first-order chi connectivity index (χ1) is 12.0. The molecule has 0 amide bonds. The number of unbranched alkanes of at least 4 members (excludes halogenated alkanes) is 1. The average Bonchev–Trinajstić information content (AvgIpc) is 2.57. The molecular weight excluding hydrogens is 356 g/mol. The highest BCUT2D eigenvalue weighted by atomic mass is 32.2. The molecule has 0 aliphatic heterocycles. The molecule has 0 aromatic heterocycles. The zero-order chi connectivity index (χ0) is 18.2. The second kappa shape index (κ2) is 9.35. The van der Waals surface area contributed by atoms with Gasteiger partial charge >= 0.3 is 0 Å². The summed E-state index contributed by atoms with van der Waals surface area (Å²) in [6.45, 7) is 2.76. The number of ether oxygens (including phenoxy) is 1. The van der Waals surface area contributed by atoms with Crippen LogP contribution in [0, 0.1) is 0 Å². The molecule has 2 rings (SSSR count). The molecule has 2 aromatic carbocycles. The van der Waals surface area contributed by atoms with E-state index in [1.807, 2.05) is 18.2 Å². The Hall–Kier alpha value is -2.16. The third-order valence-electron chi connectivity index (χ3n) is 3.36. The number of carbonyl (C=O) groups is 1.